The molecule has 1 aliphatic heterocycles. The smallest absolute Gasteiger partial charge is 0.259 e. The summed E-state index contributed by atoms with van der Waals surface area (Å²) in [5, 5.41) is 4.11. The van der Waals surface area contributed by atoms with Gasteiger partial charge in [-0.2, -0.15) is 0 Å². The van der Waals surface area contributed by atoms with Gasteiger partial charge in [-0.05, 0) is 37.3 Å². The highest BCUT2D eigenvalue weighted by atomic mass is 16.2. The molecule has 0 aliphatic carbocycles. The molecule has 0 spiro atoms. The van der Waals surface area contributed by atoms with Gasteiger partial charge in [0.1, 0.15) is 6.54 Å². The molecule has 1 aliphatic rings. The molecule has 1 aromatic heterocycles. The Morgan fingerprint density at radius 1 is 1.08 bits per heavy atom. The van der Waals surface area contributed by atoms with Crippen LogP contribution in [0.5, 0.6) is 0 Å². The molecule has 2 amide bonds. The highest BCUT2D eigenvalue weighted by Gasteiger charge is 2.17. The fraction of sp³-hybridized carbons (Fsp3) is 0.450. The Kier molecular flexibility index (Phi) is 5.71. The topological polar surface area (TPSA) is 71.4 Å². The van der Waals surface area contributed by atoms with Gasteiger partial charge in [-0.3, -0.25) is 14.4 Å². The molecule has 0 unspecified atom stereocenters. The molecule has 0 saturated carbocycles. The van der Waals surface area contributed by atoms with Crippen LogP contribution < -0.4 is 10.9 Å². The van der Waals surface area contributed by atoms with Crippen molar-refractivity contribution in [2.45, 2.75) is 39.2 Å². The number of carbonyl (C=O) groups is 2. The standard InChI is InChI=1S/C20H25N3O3/c1-15-12-16-8-4-5-9-17(16)20(26)23(15)14-18(24)21-13-19(25)22-10-6-2-3-7-11-22/h4-5,8-9,12H,2-3,6-7,10-11,13-14H2,1H3,(H,21,24). The maximum Gasteiger partial charge on any atom is 0.259 e. The Hall–Kier alpha value is -2.63. The number of nitrogens with zero attached hydrogens (tertiary/aromatic N) is 2. The van der Waals surface area contributed by atoms with Crippen LogP contribution in [0.1, 0.15) is 31.4 Å². The molecule has 6 heteroatoms. The van der Waals surface area contributed by atoms with Crippen molar-refractivity contribution >= 4 is 22.6 Å². The van der Waals surface area contributed by atoms with Gasteiger partial charge in [-0.25, -0.2) is 0 Å². The van der Waals surface area contributed by atoms with Gasteiger partial charge in [0.2, 0.25) is 11.8 Å². The van der Waals surface area contributed by atoms with Crippen LogP contribution in [-0.4, -0.2) is 40.9 Å². The quantitative estimate of drug-likeness (QED) is 0.909. The minimum Gasteiger partial charge on any atom is -0.345 e. The first-order chi connectivity index (χ1) is 12.6. The van der Waals surface area contributed by atoms with Crippen molar-refractivity contribution in [3.05, 3.63) is 46.4 Å². The molecule has 1 N–H and O–H groups in total. The Labute approximate surface area is 152 Å². The number of carbonyl (C=O) groups excluding carboxylic acids is 2. The summed E-state index contributed by atoms with van der Waals surface area (Å²) in [5.41, 5.74) is 0.539. The number of hydrogen-bond acceptors (Lipinski definition) is 3. The number of benzene rings is 1. The van der Waals surface area contributed by atoms with Crippen molar-refractivity contribution in [3.8, 4) is 0 Å². The Bertz CT molecular complexity index is 864. The number of fused-ring (bicyclic) bond motifs is 1. The third kappa shape index (κ3) is 4.12. The molecule has 0 bridgehead atoms. The highest BCUT2D eigenvalue weighted by Crippen LogP contribution is 2.11. The third-order valence-corrected chi connectivity index (χ3v) is 4.92. The summed E-state index contributed by atoms with van der Waals surface area (Å²) in [6.45, 7) is 3.24. The van der Waals surface area contributed by atoms with Crippen LogP contribution in [0.25, 0.3) is 10.8 Å². The fourth-order valence-corrected chi connectivity index (χ4v) is 3.43. The van der Waals surface area contributed by atoms with E-state index in [-0.39, 0.29) is 30.5 Å². The van der Waals surface area contributed by atoms with Gasteiger partial charge in [0, 0.05) is 24.2 Å². The number of likely N-dealkylation sites (tertiary alicyclic amines) is 1. The van der Waals surface area contributed by atoms with Crippen molar-refractivity contribution in [2.75, 3.05) is 19.6 Å². The zero-order chi connectivity index (χ0) is 18.5. The van der Waals surface area contributed by atoms with Crippen molar-refractivity contribution in [3.63, 3.8) is 0 Å². The average Bonchev–Trinajstić information content (AvgIpc) is 2.92. The molecule has 1 aromatic carbocycles. The van der Waals surface area contributed by atoms with E-state index in [4.69, 9.17) is 0 Å². The number of hydrogen-bond donors (Lipinski definition) is 1. The van der Waals surface area contributed by atoms with Gasteiger partial charge < -0.3 is 14.8 Å². The van der Waals surface area contributed by atoms with Crippen LogP contribution in [0.3, 0.4) is 0 Å². The number of aromatic nitrogens is 1. The van der Waals surface area contributed by atoms with Crippen LogP contribution in [0, 0.1) is 6.92 Å². The molecular weight excluding hydrogens is 330 g/mol. The maximum atomic E-state index is 12.6. The second-order valence-corrected chi connectivity index (χ2v) is 6.84. The lowest BCUT2D eigenvalue weighted by molar-refractivity contribution is -0.133. The van der Waals surface area contributed by atoms with Gasteiger partial charge in [-0.15, -0.1) is 0 Å². The molecular formula is C20H25N3O3. The molecule has 1 fully saturated rings. The van der Waals surface area contributed by atoms with E-state index >= 15 is 0 Å². The summed E-state index contributed by atoms with van der Waals surface area (Å²) in [6, 6.07) is 9.23. The summed E-state index contributed by atoms with van der Waals surface area (Å²) >= 11 is 0. The fourth-order valence-electron chi connectivity index (χ4n) is 3.43. The van der Waals surface area contributed by atoms with Gasteiger partial charge in [0.15, 0.2) is 0 Å². The lowest BCUT2D eigenvalue weighted by Crippen LogP contribution is -2.42. The minimum atomic E-state index is -0.325. The summed E-state index contributed by atoms with van der Waals surface area (Å²) in [4.78, 5) is 39.0. The maximum absolute atomic E-state index is 12.6. The largest absolute Gasteiger partial charge is 0.345 e. The van der Waals surface area contributed by atoms with Crippen LogP contribution >= 0.6 is 0 Å². The first-order valence-corrected chi connectivity index (χ1v) is 9.20. The van der Waals surface area contributed by atoms with E-state index in [0.29, 0.717) is 5.39 Å². The molecule has 1 saturated heterocycles. The van der Waals surface area contributed by atoms with E-state index in [1.165, 1.54) is 4.57 Å². The summed E-state index contributed by atoms with van der Waals surface area (Å²) in [6.07, 6.45) is 4.34. The van der Waals surface area contributed by atoms with E-state index < -0.39 is 0 Å². The van der Waals surface area contributed by atoms with E-state index in [1.54, 1.807) is 6.07 Å². The number of aryl methyl sites for hydroxylation is 1. The second kappa shape index (κ2) is 8.17. The zero-order valence-corrected chi connectivity index (χ0v) is 15.2. The van der Waals surface area contributed by atoms with E-state index in [2.05, 4.69) is 5.32 Å². The molecule has 3 rings (SSSR count). The average molecular weight is 355 g/mol. The van der Waals surface area contributed by atoms with Crippen molar-refractivity contribution in [2.24, 2.45) is 0 Å². The predicted octanol–water partition coefficient (Wildman–Crippen LogP) is 1.83. The van der Waals surface area contributed by atoms with Gasteiger partial charge in [0.25, 0.3) is 5.56 Å². The number of rotatable bonds is 4. The molecule has 2 heterocycles. The first-order valence-electron chi connectivity index (χ1n) is 9.20. The Balaban J connectivity index is 1.64. The Morgan fingerprint density at radius 3 is 2.50 bits per heavy atom. The van der Waals surface area contributed by atoms with Crippen molar-refractivity contribution < 1.29 is 9.59 Å². The summed E-state index contributed by atoms with van der Waals surface area (Å²) in [7, 11) is 0. The van der Waals surface area contributed by atoms with E-state index in [0.717, 1.165) is 49.9 Å². The minimum absolute atomic E-state index is 0.0137. The first kappa shape index (κ1) is 18.2. The molecule has 26 heavy (non-hydrogen) atoms. The lowest BCUT2D eigenvalue weighted by atomic mass is 10.1. The van der Waals surface area contributed by atoms with E-state index in [9.17, 15) is 14.4 Å². The van der Waals surface area contributed by atoms with Crippen LogP contribution in [0.15, 0.2) is 35.1 Å². The van der Waals surface area contributed by atoms with Gasteiger partial charge >= 0.3 is 0 Å². The molecule has 6 nitrogen and oxygen atoms in total. The molecule has 0 radical (unpaired) electrons. The van der Waals surface area contributed by atoms with Crippen LogP contribution in [-0.2, 0) is 16.1 Å². The van der Waals surface area contributed by atoms with Crippen LogP contribution in [0.4, 0.5) is 0 Å². The number of amides is 2. The van der Waals surface area contributed by atoms with Crippen molar-refractivity contribution in [1.82, 2.24) is 14.8 Å². The van der Waals surface area contributed by atoms with E-state index in [1.807, 2.05) is 36.1 Å². The van der Waals surface area contributed by atoms with Crippen LogP contribution in [0.2, 0.25) is 0 Å². The molecule has 2 aromatic rings. The monoisotopic (exact) mass is 355 g/mol. The predicted molar refractivity (Wildman–Crippen MR) is 101 cm³/mol. The normalized spacial score (nSPS) is 14.9. The Morgan fingerprint density at radius 2 is 1.77 bits per heavy atom. The van der Waals surface area contributed by atoms with Crippen molar-refractivity contribution in [1.29, 1.82) is 0 Å². The SMILES string of the molecule is Cc1cc2ccccc2c(=O)n1CC(=O)NCC(=O)N1CCCCCC1. The van der Waals surface area contributed by atoms with Gasteiger partial charge in [0.05, 0.1) is 6.54 Å². The molecule has 138 valence electrons. The third-order valence-electron chi connectivity index (χ3n) is 4.92. The second-order valence-electron chi connectivity index (χ2n) is 6.84. The summed E-state index contributed by atoms with van der Waals surface area (Å²) in [5.74, 6) is -0.378. The number of pyridine rings is 1. The summed E-state index contributed by atoms with van der Waals surface area (Å²) < 4.78 is 1.45. The molecule has 0 atom stereocenters. The number of nitrogens with one attached hydrogen (secondary N) is 1. The zero-order valence-electron chi connectivity index (χ0n) is 15.2. The van der Waals surface area contributed by atoms with Gasteiger partial charge in [-0.1, -0.05) is 31.0 Å². The highest BCUT2D eigenvalue weighted by molar-refractivity contribution is 5.85. The lowest BCUT2D eigenvalue weighted by Gasteiger charge is -2.20.